The third-order valence-electron chi connectivity index (χ3n) is 8.46. The van der Waals surface area contributed by atoms with Crippen molar-refractivity contribution in [3.05, 3.63) is 54.6 Å². The van der Waals surface area contributed by atoms with Crippen LogP contribution in [0, 0.1) is 17.8 Å². The molecule has 3 aliphatic rings. The maximum absolute atomic E-state index is 14.3. The summed E-state index contributed by atoms with van der Waals surface area (Å²) >= 11 is 1.61. The Kier molecular flexibility index (Phi) is 6.94. The third-order valence-corrected chi connectivity index (χ3v) is 10.4. The summed E-state index contributed by atoms with van der Waals surface area (Å²) in [5.41, 5.74) is 1.27. The largest absolute Gasteiger partial charge is 0.497 e. The third kappa shape index (κ3) is 4.16. The van der Waals surface area contributed by atoms with E-state index in [0.717, 1.165) is 6.42 Å². The number of benzene rings is 2. The van der Waals surface area contributed by atoms with Gasteiger partial charge in [-0.1, -0.05) is 32.0 Å². The van der Waals surface area contributed by atoms with Gasteiger partial charge in [-0.05, 0) is 62.1 Å². The van der Waals surface area contributed by atoms with Gasteiger partial charge in [0.1, 0.15) is 11.8 Å². The zero-order valence-electron chi connectivity index (χ0n) is 22.1. The second-order valence-corrected chi connectivity index (χ2v) is 12.9. The Balaban J connectivity index is 1.53. The molecule has 5 rings (SSSR count). The molecule has 3 aliphatic heterocycles. The fraction of sp³-hybridized carbons (Fsp3) is 0.483. The molecule has 3 saturated heterocycles. The van der Waals surface area contributed by atoms with Crippen LogP contribution in [0.5, 0.6) is 5.75 Å². The Hall–Kier alpha value is -3.04. The molecule has 3 amide bonds. The van der Waals surface area contributed by atoms with Crippen molar-refractivity contribution in [2.24, 2.45) is 17.8 Å². The number of aliphatic hydroxyl groups excluding tert-OH is 1. The molecule has 3 fully saturated rings. The normalized spacial score (nSPS) is 30.3. The first-order valence-electron chi connectivity index (χ1n) is 13.1. The summed E-state index contributed by atoms with van der Waals surface area (Å²) in [5.74, 6) is -1.39. The number of ether oxygens (including phenoxy) is 1. The van der Waals surface area contributed by atoms with E-state index < -0.39 is 33.4 Å². The predicted molar refractivity (Wildman–Crippen MR) is 148 cm³/mol. The Morgan fingerprint density at radius 1 is 1.05 bits per heavy atom. The Morgan fingerprint density at radius 2 is 1.68 bits per heavy atom. The summed E-state index contributed by atoms with van der Waals surface area (Å²) in [6.07, 6.45) is 1.37. The van der Waals surface area contributed by atoms with E-state index in [-0.39, 0.29) is 30.2 Å². The van der Waals surface area contributed by atoms with Gasteiger partial charge in [-0.15, -0.1) is 11.8 Å². The van der Waals surface area contributed by atoms with Gasteiger partial charge < -0.3 is 25.4 Å². The van der Waals surface area contributed by atoms with E-state index in [0.29, 0.717) is 23.5 Å². The molecule has 3 heterocycles. The first-order chi connectivity index (χ1) is 18.1. The van der Waals surface area contributed by atoms with Crippen LogP contribution >= 0.6 is 11.8 Å². The monoisotopic (exact) mass is 537 g/mol. The van der Waals surface area contributed by atoms with E-state index in [2.05, 4.69) is 10.6 Å². The van der Waals surface area contributed by atoms with Crippen LogP contribution in [0.15, 0.2) is 54.6 Å². The molecule has 0 radical (unpaired) electrons. The Labute approximate surface area is 227 Å². The number of nitrogens with one attached hydrogen (secondary N) is 2. The number of thioether (sulfide) groups is 1. The van der Waals surface area contributed by atoms with Gasteiger partial charge in [-0.3, -0.25) is 14.4 Å². The number of rotatable bonds is 8. The zero-order chi connectivity index (χ0) is 27.2. The highest BCUT2D eigenvalue weighted by Crippen LogP contribution is 2.71. The fourth-order valence-electron chi connectivity index (χ4n) is 6.67. The quantitative estimate of drug-likeness (QED) is 0.473. The van der Waals surface area contributed by atoms with E-state index in [4.69, 9.17) is 4.74 Å². The van der Waals surface area contributed by atoms with Gasteiger partial charge >= 0.3 is 0 Å². The number of carbonyl (C=O) groups excluding carboxylic acids is 3. The molecular formula is C29H35N3O5S. The van der Waals surface area contributed by atoms with Gasteiger partial charge in [0.25, 0.3) is 0 Å². The molecule has 6 atom stereocenters. The molecule has 38 heavy (non-hydrogen) atoms. The molecule has 8 nitrogen and oxygen atoms in total. The molecule has 0 saturated carbocycles. The highest BCUT2D eigenvalue weighted by atomic mass is 32.2. The molecule has 202 valence electrons. The zero-order valence-corrected chi connectivity index (χ0v) is 23.0. The van der Waals surface area contributed by atoms with Crippen molar-refractivity contribution in [3.8, 4) is 5.75 Å². The maximum Gasteiger partial charge on any atom is 0.248 e. The minimum absolute atomic E-state index is 0.0788. The van der Waals surface area contributed by atoms with E-state index in [1.807, 2.05) is 51.1 Å². The van der Waals surface area contributed by atoms with Crippen molar-refractivity contribution in [2.45, 2.75) is 55.2 Å². The molecule has 0 aromatic heterocycles. The number of para-hydroxylation sites is 1. The standard InChI is InChI=1S/C29H35N3O5S/c1-17(2)21(16-33)32-24(26(35)31-19-10-12-20(37-4)13-11-19)29-15-14-28(3,38-29)22(23(29)27(32)36)25(34)30-18-8-6-5-7-9-18/h5-13,17,21-24,33H,14-16H2,1-4H3,(H,30,34)(H,31,35)/t21-,22-,23-,24?,28+,29?/m0/s1. The lowest BCUT2D eigenvalue weighted by Crippen LogP contribution is -2.56. The van der Waals surface area contributed by atoms with E-state index >= 15 is 0 Å². The molecule has 0 aliphatic carbocycles. The predicted octanol–water partition coefficient (Wildman–Crippen LogP) is 3.77. The second kappa shape index (κ2) is 9.93. The minimum atomic E-state index is -0.817. The first kappa shape index (κ1) is 26.6. The van der Waals surface area contributed by atoms with Crippen molar-refractivity contribution in [3.63, 3.8) is 0 Å². The van der Waals surface area contributed by atoms with Crippen LogP contribution < -0.4 is 15.4 Å². The Morgan fingerprint density at radius 3 is 2.29 bits per heavy atom. The van der Waals surface area contributed by atoms with E-state index in [1.54, 1.807) is 48.0 Å². The first-order valence-corrected chi connectivity index (χ1v) is 13.9. The number of hydrogen-bond acceptors (Lipinski definition) is 6. The van der Waals surface area contributed by atoms with Gasteiger partial charge in [0, 0.05) is 16.1 Å². The van der Waals surface area contributed by atoms with Crippen molar-refractivity contribution in [2.75, 3.05) is 24.4 Å². The van der Waals surface area contributed by atoms with Crippen molar-refractivity contribution in [1.29, 1.82) is 0 Å². The van der Waals surface area contributed by atoms with Crippen LogP contribution in [0.4, 0.5) is 11.4 Å². The van der Waals surface area contributed by atoms with Crippen LogP contribution in [0.3, 0.4) is 0 Å². The number of carbonyl (C=O) groups is 3. The number of nitrogens with zero attached hydrogens (tertiary/aromatic N) is 1. The van der Waals surface area contributed by atoms with Crippen LogP contribution in [0.2, 0.25) is 0 Å². The summed E-state index contributed by atoms with van der Waals surface area (Å²) < 4.78 is 3.99. The van der Waals surface area contributed by atoms with E-state index in [9.17, 15) is 19.5 Å². The summed E-state index contributed by atoms with van der Waals surface area (Å²) in [4.78, 5) is 43.6. The van der Waals surface area contributed by atoms with Gasteiger partial charge in [-0.2, -0.15) is 0 Å². The maximum atomic E-state index is 14.3. The summed E-state index contributed by atoms with van der Waals surface area (Å²) in [6.45, 7) is 5.65. The Bertz CT molecular complexity index is 1220. The lowest BCUT2D eigenvalue weighted by Gasteiger charge is -2.38. The van der Waals surface area contributed by atoms with Crippen LogP contribution in [-0.2, 0) is 14.4 Å². The van der Waals surface area contributed by atoms with Gasteiger partial charge in [0.2, 0.25) is 17.7 Å². The number of aliphatic hydroxyl groups is 1. The minimum Gasteiger partial charge on any atom is -0.497 e. The fourth-order valence-corrected chi connectivity index (χ4v) is 9.01. The van der Waals surface area contributed by atoms with Gasteiger partial charge in [-0.25, -0.2) is 0 Å². The molecule has 9 heteroatoms. The van der Waals surface area contributed by atoms with Crippen LogP contribution in [0.25, 0.3) is 0 Å². The van der Waals surface area contributed by atoms with E-state index in [1.165, 1.54) is 0 Å². The molecule has 1 spiro atoms. The molecule has 2 aromatic rings. The number of fused-ring (bicyclic) bond motifs is 1. The molecule has 2 bridgehead atoms. The number of amides is 3. The smallest absolute Gasteiger partial charge is 0.248 e. The number of methoxy groups -OCH3 is 1. The summed E-state index contributed by atoms with van der Waals surface area (Å²) in [7, 11) is 1.58. The number of hydrogen-bond donors (Lipinski definition) is 3. The summed E-state index contributed by atoms with van der Waals surface area (Å²) in [5, 5.41) is 16.4. The highest BCUT2D eigenvalue weighted by Gasteiger charge is 2.77. The lowest BCUT2D eigenvalue weighted by atomic mass is 9.66. The van der Waals surface area contributed by atoms with Crippen molar-refractivity contribution < 1.29 is 24.2 Å². The van der Waals surface area contributed by atoms with Crippen molar-refractivity contribution >= 4 is 40.9 Å². The molecule has 2 aromatic carbocycles. The average molecular weight is 538 g/mol. The molecular weight excluding hydrogens is 502 g/mol. The SMILES string of the molecule is COc1ccc(NC(=O)C2N([C@@H](CO)C(C)C)C(=O)[C@@H]3[C@@H](C(=O)Nc4ccccc4)[C@@]4(C)CCC23S4)cc1. The van der Waals surface area contributed by atoms with Crippen LogP contribution in [0.1, 0.15) is 33.6 Å². The number of likely N-dealkylation sites (tertiary alicyclic amines) is 1. The average Bonchev–Trinajstić information content (AvgIpc) is 3.46. The second-order valence-electron chi connectivity index (χ2n) is 11.0. The van der Waals surface area contributed by atoms with Crippen molar-refractivity contribution in [1.82, 2.24) is 4.90 Å². The topological polar surface area (TPSA) is 108 Å². The van der Waals surface area contributed by atoms with Gasteiger partial charge in [0.05, 0.1) is 36.3 Å². The summed E-state index contributed by atoms with van der Waals surface area (Å²) in [6, 6.07) is 14.9. The molecule has 3 N–H and O–H groups in total. The molecule has 2 unspecified atom stereocenters. The highest BCUT2D eigenvalue weighted by molar-refractivity contribution is 8.02. The van der Waals surface area contributed by atoms with Gasteiger partial charge in [0.15, 0.2) is 0 Å². The van der Waals surface area contributed by atoms with Crippen LogP contribution in [-0.4, -0.2) is 63.0 Å². The lowest BCUT2D eigenvalue weighted by molar-refractivity contribution is -0.142. The number of anilines is 2.